The summed E-state index contributed by atoms with van der Waals surface area (Å²) in [6.07, 6.45) is 1.44. The van der Waals surface area contributed by atoms with Crippen molar-refractivity contribution in [1.29, 1.82) is 0 Å². The van der Waals surface area contributed by atoms with Gasteiger partial charge in [-0.3, -0.25) is 9.59 Å². The highest BCUT2D eigenvalue weighted by atomic mass is 16.5. The Hall–Kier alpha value is -0.860. The summed E-state index contributed by atoms with van der Waals surface area (Å²) in [6, 6.07) is 0. The average Bonchev–Trinajstić information content (AvgIpc) is 2.16. The van der Waals surface area contributed by atoms with Crippen molar-refractivity contribution in [2.24, 2.45) is 5.41 Å². The zero-order chi connectivity index (χ0) is 11.2. The third-order valence-electron chi connectivity index (χ3n) is 2.84. The highest BCUT2D eigenvalue weighted by Gasteiger charge is 2.30. The van der Waals surface area contributed by atoms with Crippen molar-refractivity contribution in [3.8, 4) is 0 Å². The summed E-state index contributed by atoms with van der Waals surface area (Å²) >= 11 is 0. The second-order valence-electron chi connectivity index (χ2n) is 3.67. The molecule has 0 saturated carbocycles. The third kappa shape index (κ3) is 3.48. The molecule has 0 aromatic rings. The van der Waals surface area contributed by atoms with E-state index in [2.05, 4.69) is 0 Å². The van der Waals surface area contributed by atoms with E-state index < -0.39 is 5.97 Å². The van der Waals surface area contributed by atoms with Gasteiger partial charge in [-0.15, -0.1) is 0 Å². The van der Waals surface area contributed by atoms with Crippen LogP contribution in [0.2, 0.25) is 0 Å². The maximum Gasteiger partial charge on any atom is 0.313 e. The number of ether oxygens (including phenoxy) is 1. The lowest BCUT2D eigenvalue weighted by Gasteiger charge is -2.24. The average molecular weight is 200 g/mol. The minimum Gasteiger partial charge on any atom is -0.466 e. The van der Waals surface area contributed by atoms with Crippen molar-refractivity contribution in [3.05, 3.63) is 0 Å². The first kappa shape index (κ1) is 13.1. The quantitative estimate of drug-likeness (QED) is 0.488. The van der Waals surface area contributed by atoms with Crippen LogP contribution in [0.25, 0.3) is 0 Å². The molecule has 0 saturated heterocycles. The summed E-state index contributed by atoms with van der Waals surface area (Å²) < 4.78 is 4.74. The van der Waals surface area contributed by atoms with E-state index in [1.807, 2.05) is 20.8 Å². The molecule has 0 aliphatic carbocycles. The largest absolute Gasteiger partial charge is 0.466 e. The molecule has 0 amide bonds. The van der Waals surface area contributed by atoms with E-state index in [-0.39, 0.29) is 17.6 Å². The Balaban J connectivity index is 4.25. The first-order valence-electron chi connectivity index (χ1n) is 5.19. The minimum atomic E-state index is -0.411. The molecule has 0 radical (unpaired) electrons. The Morgan fingerprint density at radius 3 is 2.00 bits per heavy atom. The van der Waals surface area contributed by atoms with E-state index in [9.17, 15) is 9.59 Å². The molecule has 0 aliphatic rings. The molecule has 0 aliphatic heterocycles. The lowest BCUT2D eigenvalue weighted by atomic mass is 9.79. The SMILES string of the molecule is CCOC(=O)CC(=O)C(C)(CC)CC. The lowest BCUT2D eigenvalue weighted by molar-refractivity contribution is -0.147. The van der Waals surface area contributed by atoms with Crippen molar-refractivity contribution in [1.82, 2.24) is 0 Å². The highest BCUT2D eigenvalue weighted by Crippen LogP contribution is 2.27. The molecule has 0 spiro atoms. The Bertz CT molecular complexity index is 205. The molecular formula is C11H20O3. The highest BCUT2D eigenvalue weighted by molar-refractivity contribution is 5.98. The van der Waals surface area contributed by atoms with E-state index in [0.29, 0.717) is 6.61 Å². The van der Waals surface area contributed by atoms with E-state index in [1.165, 1.54) is 0 Å². The molecule has 0 unspecified atom stereocenters. The van der Waals surface area contributed by atoms with E-state index in [0.717, 1.165) is 12.8 Å². The maximum atomic E-state index is 11.7. The summed E-state index contributed by atoms with van der Waals surface area (Å²) in [4.78, 5) is 22.8. The van der Waals surface area contributed by atoms with E-state index in [4.69, 9.17) is 4.74 Å². The van der Waals surface area contributed by atoms with Crippen LogP contribution in [0.15, 0.2) is 0 Å². The lowest BCUT2D eigenvalue weighted by Crippen LogP contribution is -2.28. The molecule has 3 heteroatoms. The van der Waals surface area contributed by atoms with Gasteiger partial charge in [-0.05, 0) is 19.8 Å². The van der Waals surface area contributed by atoms with Crippen molar-refractivity contribution >= 4 is 11.8 Å². The number of carbonyl (C=O) groups excluding carboxylic acids is 2. The van der Waals surface area contributed by atoms with Gasteiger partial charge in [0.1, 0.15) is 12.2 Å². The standard InChI is InChI=1S/C11H20O3/c1-5-11(4,6-2)9(12)8-10(13)14-7-3/h5-8H2,1-4H3. The van der Waals surface area contributed by atoms with Crippen LogP contribution in [0.1, 0.15) is 47.0 Å². The summed E-state index contributed by atoms with van der Waals surface area (Å²) in [5.41, 5.74) is -0.368. The van der Waals surface area contributed by atoms with Crippen molar-refractivity contribution in [2.45, 2.75) is 47.0 Å². The van der Waals surface area contributed by atoms with Crippen LogP contribution in [0.3, 0.4) is 0 Å². The molecule has 0 atom stereocenters. The molecule has 0 fully saturated rings. The maximum absolute atomic E-state index is 11.7. The number of esters is 1. The van der Waals surface area contributed by atoms with Gasteiger partial charge in [0.05, 0.1) is 6.61 Å². The zero-order valence-electron chi connectivity index (χ0n) is 9.55. The van der Waals surface area contributed by atoms with Crippen LogP contribution >= 0.6 is 0 Å². The summed E-state index contributed by atoms with van der Waals surface area (Å²) in [5, 5.41) is 0. The Labute approximate surface area is 85.8 Å². The van der Waals surface area contributed by atoms with Crippen LogP contribution in [0.4, 0.5) is 0 Å². The molecule has 82 valence electrons. The van der Waals surface area contributed by atoms with Gasteiger partial charge in [0.15, 0.2) is 0 Å². The molecule has 0 aromatic carbocycles. The second kappa shape index (κ2) is 5.78. The monoisotopic (exact) mass is 200 g/mol. The van der Waals surface area contributed by atoms with Gasteiger partial charge in [0.2, 0.25) is 0 Å². The predicted octanol–water partition coefficient (Wildman–Crippen LogP) is 2.33. The molecule has 0 heterocycles. The van der Waals surface area contributed by atoms with Crippen molar-refractivity contribution in [2.75, 3.05) is 6.61 Å². The number of Topliss-reactive ketones (excluding diaryl/α,β-unsaturated/α-hetero) is 1. The third-order valence-corrected chi connectivity index (χ3v) is 2.84. The molecule has 14 heavy (non-hydrogen) atoms. The van der Waals surface area contributed by atoms with Gasteiger partial charge >= 0.3 is 5.97 Å². The summed E-state index contributed by atoms with van der Waals surface area (Å²) in [6.45, 7) is 7.90. The molecular weight excluding hydrogens is 180 g/mol. The van der Waals surface area contributed by atoms with Crippen LogP contribution in [0, 0.1) is 5.41 Å². The Kier molecular flexibility index (Phi) is 5.43. The van der Waals surface area contributed by atoms with Crippen LogP contribution < -0.4 is 0 Å². The fraction of sp³-hybridized carbons (Fsp3) is 0.818. The Morgan fingerprint density at radius 2 is 1.64 bits per heavy atom. The van der Waals surface area contributed by atoms with Crippen LogP contribution in [-0.2, 0) is 14.3 Å². The van der Waals surface area contributed by atoms with Crippen LogP contribution in [0.5, 0.6) is 0 Å². The number of ketones is 1. The van der Waals surface area contributed by atoms with Crippen molar-refractivity contribution in [3.63, 3.8) is 0 Å². The molecule has 0 bridgehead atoms. The molecule has 0 aromatic heterocycles. The minimum absolute atomic E-state index is 0.0130. The summed E-state index contributed by atoms with van der Waals surface area (Å²) in [7, 11) is 0. The fourth-order valence-corrected chi connectivity index (χ4v) is 1.20. The van der Waals surface area contributed by atoms with Gasteiger partial charge in [-0.2, -0.15) is 0 Å². The van der Waals surface area contributed by atoms with Gasteiger partial charge < -0.3 is 4.74 Å². The Morgan fingerprint density at radius 1 is 1.14 bits per heavy atom. The molecule has 0 rings (SSSR count). The number of carbonyl (C=O) groups is 2. The van der Waals surface area contributed by atoms with Gasteiger partial charge in [0, 0.05) is 5.41 Å². The van der Waals surface area contributed by atoms with Gasteiger partial charge in [-0.1, -0.05) is 20.8 Å². The number of hydrogen-bond acceptors (Lipinski definition) is 3. The fourth-order valence-electron chi connectivity index (χ4n) is 1.20. The number of hydrogen-bond donors (Lipinski definition) is 0. The normalized spacial score (nSPS) is 11.1. The first-order chi connectivity index (χ1) is 6.50. The van der Waals surface area contributed by atoms with E-state index >= 15 is 0 Å². The first-order valence-corrected chi connectivity index (χ1v) is 5.19. The van der Waals surface area contributed by atoms with Gasteiger partial charge in [0.25, 0.3) is 0 Å². The molecule has 3 nitrogen and oxygen atoms in total. The van der Waals surface area contributed by atoms with Crippen LogP contribution in [-0.4, -0.2) is 18.4 Å². The van der Waals surface area contributed by atoms with Gasteiger partial charge in [-0.25, -0.2) is 0 Å². The number of rotatable bonds is 6. The molecule has 0 N–H and O–H groups in total. The predicted molar refractivity (Wildman–Crippen MR) is 54.9 cm³/mol. The zero-order valence-corrected chi connectivity index (χ0v) is 9.55. The smallest absolute Gasteiger partial charge is 0.313 e. The second-order valence-corrected chi connectivity index (χ2v) is 3.67. The topological polar surface area (TPSA) is 43.4 Å². The summed E-state index contributed by atoms with van der Waals surface area (Å²) in [5.74, 6) is -0.424. The van der Waals surface area contributed by atoms with Crippen molar-refractivity contribution < 1.29 is 14.3 Å². The van der Waals surface area contributed by atoms with E-state index in [1.54, 1.807) is 6.92 Å².